The first-order chi connectivity index (χ1) is 7.77. The molecule has 2 heteroatoms. The van der Waals surface area contributed by atoms with Crippen molar-refractivity contribution in [2.24, 2.45) is 0 Å². The summed E-state index contributed by atoms with van der Waals surface area (Å²) in [4.78, 5) is 7.96. The van der Waals surface area contributed by atoms with E-state index in [-0.39, 0.29) is 0 Å². The van der Waals surface area contributed by atoms with Crippen LogP contribution in [0.5, 0.6) is 0 Å². The van der Waals surface area contributed by atoms with E-state index in [2.05, 4.69) is 41.7 Å². The van der Waals surface area contributed by atoms with Crippen molar-refractivity contribution in [2.75, 3.05) is 0 Å². The van der Waals surface area contributed by atoms with Crippen LogP contribution in [0.2, 0.25) is 0 Å². The summed E-state index contributed by atoms with van der Waals surface area (Å²) < 4.78 is 0. The smallest absolute Gasteiger partial charge is 0.115 e. The fraction of sp³-hybridized carbons (Fsp3) is 0.143. The molecule has 0 aliphatic carbocycles. The van der Waals surface area contributed by atoms with Crippen LogP contribution in [0, 0.1) is 6.92 Å². The molecule has 2 nitrogen and oxygen atoms in total. The molecule has 16 heavy (non-hydrogen) atoms. The van der Waals surface area contributed by atoms with E-state index >= 15 is 0 Å². The summed E-state index contributed by atoms with van der Waals surface area (Å²) in [5, 5.41) is 0. The van der Waals surface area contributed by atoms with Crippen LogP contribution in [-0.4, -0.2) is 9.97 Å². The van der Waals surface area contributed by atoms with Crippen LogP contribution in [0.4, 0.5) is 0 Å². The number of benzene rings is 1. The molecule has 0 amide bonds. The minimum absolute atomic E-state index is 1.06. The van der Waals surface area contributed by atoms with Gasteiger partial charge in [0.15, 0.2) is 0 Å². The van der Waals surface area contributed by atoms with E-state index in [0.29, 0.717) is 0 Å². The summed E-state index contributed by atoms with van der Waals surface area (Å²) >= 11 is 0. The van der Waals surface area contributed by atoms with E-state index in [1.807, 2.05) is 25.4 Å². The molecular formula is C14H16N2. The molecule has 2 rings (SSSR count). The van der Waals surface area contributed by atoms with Gasteiger partial charge in [-0.15, -0.1) is 6.58 Å². The average molecular weight is 212 g/mol. The van der Waals surface area contributed by atoms with Gasteiger partial charge in [0.05, 0.1) is 0 Å². The zero-order chi connectivity index (χ0) is 11.8. The average Bonchev–Trinajstić information content (AvgIpc) is 2.31. The molecule has 0 spiro atoms. The van der Waals surface area contributed by atoms with Crippen molar-refractivity contribution in [1.82, 2.24) is 9.97 Å². The number of aromatic nitrogens is 2. The topological polar surface area (TPSA) is 25.8 Å². The van der Waals surface area contributed by atoms with Crippen LogP contribution in [0.3, 0.4) is 0 Å². The zero-order valence-electron chi connectivity index (χ0n) is 9.72. The van der Waals surface area contributed by atoms with E-state index < -0.39 is 0 Å². The Morgan fingerprint density at radius 2 is 1.75 bits per heavy atom. The van der Waals surface area contributed by atoms with E-state index in [0.717, 1.165) is 5.56 Å². The molecule has 1 heterocycles. The highest BCUT2D eigenvalue weighted by molar-refractivity contribution is 5.61. The maximum Gasteiger partial charge on any atom is 0.115 e. The lowest BCUT2D eigenvalue weighted by Crippen LogP contribution is -1.82. The van der Waals surface area contributed by atoms with Gasteiger partial charge in [-0.2, -0.15) is 0 Å². The third kappa shape index (κ3) is 3.65. The molecule has 0 fully saturated rings. The molecule has 0 bridgehead atoms. The third-order valence-corrected chi connectivity index (χ3v) is 1.91. The van der Waals surface area contributed by atoms with Gasteiger partial charge in [0.1, 0.15) is 6.33 Å². The fourth-order valence-corrected chi connectivity index (χ4v) is 1.27. The van der Waals surface area contributed by atoms with Crippen molar-refractivity contribution in [3.63, 3.8) is 0 Å². The van der Waals surface area contributed by atoms with Gasteiger partial charge in [0, 0.05) is 18.0 Å². The van der Waals surface area contributed by atoms with Gasteiger partial charge in [-0.1, -0.05) is 35.9 Å². The van der Waals surface area contributed by atoms with Crippen molar-refractivity contribution in [2.45, 2.75) is 13.8 Å². The molecule has 1 aromatic carbocycles. The minimum atomic E-state index is 1.06. The second-order valence-electron chi connectivity index (χ2n) is 3.40. The standard InChI is InChI=1S/C11H10N2.C3H6/c1-9-3-2-4-10(5-9)11-6-12-8-13-7-11;1-3-2/h2-8H,1H3;3H,1H2,2H3. The third-order valence-electron chi connectivity index (χ3n) is 1.91. The molecule has 0 unspecified atom stereocenters. The summed E-state index contributed by atoms with van der Waals surface area (Å²) in [7, 11) is 0. The molecule has 0 N–H and O–H groups in total. The minimum Gasteiger partial charge on any atom is -0.244 e. The molecular weight excluding hydrogens is 196 g/mol. The Morgan fingerprint density at radius 1 is 1.12 bits per heavy atom. The first-order valence-corrected chi connectivity index (χ1v) is 5.17. The highest BCUT2D eigenvalue weighted by Gasteiger charge is 1.96. The predicted molar refractivity (Wildman–Crippen MR) is 68.1 cm³/mol. The summed E-state index contributed by atoms with van der Waals surface area (Å²) in [5.41, 5.74) is 3.48. The Morgan fingerprint density at radius 3 is 2.31 bits per heavy atom. The van der Waals surface area contributed by atoms with Gasteiger partial charge >= 0.3 is 0 Å². The normalized spacial score (nSPS) is 8.88. The Bertz CT molecular complexity index is 435. The molecule has 0 radical (unpaired) electrons. The Labute approximate surface area is 96.7 Å². The van der Waals surface area contributed by atoms with Gasteiger partial charge in [-0.05, 0) is 19.4 Å². The highest BCUT2D eigenvalue weighted by Crippen LogP contribution is 2.17. The van der Waals surface area contributed by atoms with Gasteiger partial charge in [-0.25, -0.2) is 9.97 Å². The molecule has 0 aliphatic rings. The van der Waals surface area contributed by atoms with Crippen molar-refractivity contribution in [3.8, 4) is 11.1 Å². The van der Waals surface area contributed by atoms with Crippen LogP contribution in [-0.2, 0) is 0 Å². The predicted octanol–water partition coefficient (Wildman–Crippen LogP) is 3.64. The van der Waals surface area contributed by atoms with Crippen LogP contribution in [0.25, 0.3) is 11.1 Å². The maximum absolute atomic E-state index is 3.98. The lowest BCUT2D eigenvalue weighted by atomic mass is 10.1. The summed E-state index contributed by atoms with van der Waals surface area (Å²) in [6.07, 6.45) is 6.93. The van der Waals surface area contributed by atoms with E-state index in [1.165, 1.54) is 11.1 Å². The van der Waals surface area contributed by atoms with E-state index in [9.17, 15) is 0 Å². The summed E-state index contributed by atoms with van der Waals surface area (Å²) in [6.45, 7) is 7.33. The number of allylic oxidation sites excluding steroid dienone is 1. The summed E-state index contributed by atoms with van der Waals surface area (Å²) in [6, 6.07) is 8.30. The maximum atomic E-state index is 3.98. The van der Waals surface area contributed by atoms with Crippen molar-refractivity contribution in [1.29, 1.82) is 0 Å². The van der Waals surface area contributed by atoms with Gasteiger partial charge in [0.25, 0.3) is 0 Å². The number of rotatable bonds is 1. The number of hydrogen-bond donors (Lipinski definition) is 0. The van der Waals surface area contributed by atoms with Crippen LogP contribution in [0.15, 0.2) is 55.6 Å². The number of hydrogen-bond acceptors (Lipinski definition) is 2. The van der Waals surface area contributed by atoms with E-state index in [1.54, 1.807) is 12.4 Å². The first kappa shape index (κ1) is 12.1. The molecule has 1 aromatic heterocycles. The lowest BCUT2D eigenvalue weighted by Gasteiger charge is -2.00. The lowest BCUT2D eigenvalue weighted by molar-refractivity contribution is 1.17. The second-order valence-corrected chi connectivity index (χ2v) is 3.40. The van der Waals surface area contributed by atoms with Gasteiger partial charge in [0.2, 0.25) is 0 Å². The monoisotopic (exact) mass is 212 g/mol. The Kier molecular flexibility index (Phi) is 4.93. The molecule has 82 valence electrons. The van der Waals surface area contributed by atoms with Crippen LogP contribution in [0.1, 0.15) is 12.5 Å². The van der Waals surface area contributed by atoms with Crippen molar-refractivity contribution >= 4 is 0 Å². The molecule has 0 saturated carbocycles. The Balaban J connectivity index is 0.000000386. The zero-order valence-corrected chi connectivity index (χ0v) is 9.72. The SMILES string of the molecule is C=CC.Cc1cccc(-c2cncnc2)c1. The second kappa shape index (κ2) is 6.51. The van der Waals surface area contributed by atoms with Gasteiger partial charge in [-0.3, -0.25) is 0 Å². The number of nitrogens with zero attached hydrogens (tertiary/aromatic N) is 2. The van der Waals surface area contributed by atoms with E-state index in [4.69, 9.17) is 0 Å². The largest absolute Gasteiger partial charge is 0.244 e. The quantitative estimate of drug-likeness (QED) is 0.674. The van der Waals surface area contributed by atoms with Crippen LogP contribution < -0.4 is 0 Å². The molecule has 0 aliphatic heterocycles. The molecule has 0 atom stereocenters. The molecule has 0 saturated heterocycles. The summed E-state index contributed by atoms with van der Waals surface area (Å²) in [5.74, 6) is 0. The van der Waals surface area contributed by atoms with Gasteiger partial charge < -0.3 is 0 Å². The highest BCUT2D eigenvalue weighted by atomic mass is 14.8. The fourth-order valence-electron chi connectivity index (χ4n) is 1.27. The number of aryl methyl sites for hydroxylation is 1. The van der Waals surface area contributed by atoms with Crippen LogP contribution >= 0.6 is 0 Å². The van der Waals surface area contributed by atoms with Crippen molar-refractivity contribution < 1.29 is 0 Å². The Hall–Kier alpha value is -1.96. The molecule has 2 aromatic rings. The van der Waals surface area contributed by atoms with Crippen molar-refractivity contribution in [3.05, 3.63) is 61.2 Å². The first-order valence-electron chi connectivity index (χ1n) is 5.17.